The Morgan fingerprint density at radius 3 is 2.55 bits per heavy atom. The van der Waals surface area contributed by atoms with Crippen LogP contribution in [0.4, 0.5) is 5.69 Å². The van der Waals surface area contributed by atoms with Crippen molar-refractivity contribution in [2.24, 2.45) is 5.10 Å². The Morgan fingerprint density at radius 2 is 1.86 bits per heavy atom. The first kappa shape index (κ1) is 14.3. The van der Waals surface area contributed by atoms with Crippen LogP contribution in [0.1, 0.15) is 5.76 Å². The van der Waals surface area contributed by atoms with Crippen molar-refractivity contribution in [3.8, 4) is 0 Å². The van der Waals surface area contributed by atoms with Gasteiger partial charge in [-0.25, -0.2) is 5.01 Å². The van der Waals surface area contributed by atoms with E-state index in [1.165, 1.54) is 17.4 Å². The van der Waals surface area contributed by atoms with E-state index in [-0.39, 0.29) is 24.9 Å². The van der Waals surface area contributed by atoms with Gasteiger partial charge in [0.15, 0.2) is 0 Å². The number of hydrazone groups is 1. The number of benzene rings is 1. The van der Waals surface area contributed by atoms with Crippen LogP contribution in [0.3, 0.4) is 0 Å². The van der Waals surface area contributed by atoms with Crippen LogP contribution in [0.5, 0.6) is 0 Å². The number of piperazine rings is 1. The van der Waals surface area contributed by atoms with E-state index < -0.39 is 0 Å². The zero-order valence-corrected chi connectivity index (χ0v) is 12.2. The molecule has 0 radical (unpaired) electrons. The Bertz CT molecular complexity index is 710. The lowest BCUT2D eigenvalue weighted by atomic mass is 10.2. The van der Waals surface area contributed by atoms with Crippen molar-refractivity contribution in [1.29, 1.82) is 0 Å². The van der Waals surface area contributed by atoms with Gasteiger partial charge >= 0.3 is 0 Å². The maximum Gasteiger partial charge on any atom is 0.263 e. The monoisotopic (exact) mass is 317 g/mol. The van der Waals surface area contributed by atoms with Crippen molar-refractivity contribution in [3.63, 3.8) is 0 Å². The first-order chi connectivity index (χ1) is 10.6. The molecule has 1 saturated heterocycles. The zero-order chi connectivity index (χ0) is 15.5. The SMILES string of the molecule is O=C1CN(c2ccc(Cl)cc2)C(=O)CN1/N=C/c1ccco1. The second kappa shape index (κ2) is 6.03. The number of amides is 2. The second-order valence-electron chi connectivity index (χ2n) is 4.67. The van der Waals surface area contributed by atoms with Gasteiger partial charge in [-0.2, -0.15) is 5.10 Å². The standard InChI is InChI=1S/C15H12ClN3O3/c16-11-3-5-12(6-4-11)18-9-15(21)19(10-14(18)20)17-8-13-2-1-7-22-13/h1-8H,9-10H2/b17-8+. The van der Waals surface area contributed by atoms with Crippen LogP contribution in [-0.4, -0.2) is 36.1 Å². The average molecular weight is 318 g/mol. The van der Waals surface area contributed by atoms with Crippen molar-refractivity contribution in [2.75, 3.05) is 18.0 Å². The Hall–Kier alpha value is -2.60. The molecule has 0 saturated carbocycles. The van der Waals surface area contributed by atoms with Crippen LogP contribution < -0.4 is 4.90 Å². The molecular formula is C15H12ClN3O3. The predicted octanol–water partition coefficient (Wildman–Crippen LogP) is 2.14. The molecule has 22 heavy (non-hydrogen) atoms. The topological polar surface area (TPSA) is 66.1 Å². The Kier molecular flexibility index (Phi) is 3.93. The summed E-state index contributed by atoms with van der Waals surface area (Å²) in [5, 5.41) is 5.71. The molecule has 0 bridgehead atoms. The van der Waals surface area contributed by atoms with Gasteiger partial charge in [-0.05, 0) is 36.4 Å². The van der Waals surface area contributed by atoms with Crippen LogP contribution in [0.2, 0.25) is 5.02 Å². The summed E-state index contributed by atoms with van der Waals surface area (Å²) in [6.07, 6.45) is 2.91. The lowest BCUT2D eigenvalue weighted by molar-refractivity contribution is -0.138. The molecule has 2 amide bonds. The van der Waals surface area contributed by atoms with Gasteiger partial charge in [0.2, 0.25) is 5.91 Å². The molecule has 2 aromatic rings. The second-order valence-corrected chi connectivity index (χ2v) is 5.10. The van der Waals surface area contributed by atoms with E-state index in [0.717, 1.165) is 5.01 Å². The van der Waals surface area contributed by atoms with Crippen LogP contribution in [0.25, 0.3) is 0 Å². The number of anilines is 1. The summed E-state index contributed by atoms with van der Waals surface area (Å²) in [6.45, 7) is -0.172. The van der Waals surface area contributed by atoms with Gasteiger partial charge < -0.3 is 9.32 Å². The molecule has 1 fully saturated rings. The molecule has 7 heteroatoms. The van der Waals surface area contributed by atoms with Gasteiger partial charge in [0, 0.05) is 10.7 Å². The third-order valence-electron chi connectivity index (χ3n) is 3.17. The molecule has 6 nitrogen and oxygen atoms in total. The minimum atomic E-state index is -0.266. The van der Waals surface area contributed by atoms with Crippen molar-refractivity contribution in [3.05, 3.63) is 53.4 Å². The first-order valence-corrected chi connectivity index (χ1v) is 6.95. The first-order valence-electron chi connectivity index (χ1n) is 6.57. The van der Waals surface area contributed by atoms with E-state index >= 15 is 0 Å². The fourth-order valence-electron chi connectivity index (χ4n) is 2.06. The maximum absolute atomic E-state index is 12.2. The molecule has 112 valence electrons. The summed E-state index contributed by atoms with van der Waals surface area (Å²) in [7, 11) is 0. The Morgan fingerprint density at radius 1 is 1.09 bits per heavy atom. The van der Waals surface area contributed by atoms with Crippen LogP contribution >= 0.6 is 11.6 Å². The third kappa shape index (κ3) is 3.01. The van der Waals surface area contributed by atoms with Crippen LogP contribution in [0, 0.1) is 0 Å². The molecule has 0 spiro atoms. The summed E-state index contributed by atoms with van der Waals surface area (Å²) in [4.78, 5) is 25.7. The highest BCUT2D eigenvalue weighted by Crippen LogP contribution is 2.20. The van der Waals surface area contributed by atoms with Gasteiger partial charge in [-0.3, -0.25) is 9.59 Å². The normalized spacial score (nSPS) is 15.9. The predicted molar refractivity (Wildman–Crippen MR) is 81.8 cm³/mol. The van der Waals surface area contributed by atoms with E-state index in [0.29, 0.717) is 16.5 Å². The lowest BCUT2D eigenvalue weighted by Crippen LogP contribution is -2.52. The lowest BCUT2D eigenvalue weighted by Gasteiger charge is -2.31. The number of furan rings is 1. The number of halogens is 1. The average Bonchev–Trinajstić information content (AvgIpc) is 3.02. The van der Waals surface area contributed by atoms with Crippen LogP contribution in [0.15, 0.2) is 52.2 Å². The number of hydrogen-bond donors (Lipinski definition) is 0. The minimum Gasteiger partial charge on any atom is -0.463 e. The molecule has 1 aliphatic rings. The molecule has 1 aliphatic heterocycles. The highest BCUT2D eigenvalue weighted by atomic mass is 35.5. The number of nitrogens with zero attached hydrogens (tertiary/aromatic N) is 3. The number of hydrogen-bond acceptors (Lipinski definition) is 4. The number of rotatable bonds is 3. The van der Waals surface area contributed by atoms with E-state index in [9.17, 15) is 9.59 Å². The summed E-state index contributed by atoms with van der Waals surface area (Å²) in [6, 6.07) is 10.2. The summed E-state index contributed by atoms with van der Waals surface area (Å²) < 4.78 is 5.09. The van der Waals surface area contributed by atoms with Crippen LogP contribution in [-0.2, 0) is 9.59 Å². The van der Waals surface area contributed by atoms with Gasteiger partial charge in [-0.15, -0.1) is 0 Å². The molecular weight excluding hydrogens is 306 g/mol. The largest absolute Gasteiger partial charge is 0.463 e. The molecule has 0 atom stereocenters. The van der Waals surface area contributed by atoms with Crippen molar-refractivity contribution in [1.82, 2.24) is 5.01 Å². The molecule has 0 N–H and O–H groups in total. The zero-order valence-electron chi connectivity index (χ0n) is 11.5. The highest BCUT2D eigenvalue weighted by Gasteiger charge is 2.30. The van der Waals surface area contributed by atoms with Gasteiger partial charge in [0.25, 0.3) is 5.91 Å². The van der Waals surface area contributed by atoms with Crippen molar-refractivity contribution < 1.29 is 14.0 Å². The molecule has 0 aliphatic carbocycles. The van der Waals surface area contributed by atoms with Gasteiger partial charge in [0.05, 0.1) is 12.5 Å². The van der Waals surface area contributed by atoms with Crippen molar-refractivity contribution in [2.45, 2.75) is 0 Å². The molecule has 0 unspecified atom stereocenters. The minimum absolute atomic E-state index is 0.0596. The maximum atomic E-state index is 12.2. The summed E-state index contributed by atoms with van der Waals surface area (Å²) in [5.74, 6) is 0.0382. The third-order valence-corrected chi connectivity index (χ3v) is 3.43. The Labute approximate surface area is 131 Å². The fraction of sp³-hybridized carbons (Fsp3) is 0.133. The van der Waals surface area contributed by atoms with Gasteiger partial charge in [0.1, 0.15) is 18.8 Å². The molecule has 1 aromatic heterocycles. The highest BCUT2D eigenvalue weighted by molar-refractivity contribution is 6.30. The molecule has 3 rings (SSSR count). The molecule has 1 aromatic carbocycles. The van der Waals surface area contributed by atoms with Gasteiger partial charge in [-0.1, -0.05) is 11.6 Å². The smallest absolute Gasteiger partial charge is 0.263 e. The molecule has 2 heterocycles. The number of carbonyl (C=O) groups is 2. The summed E-state index contributed by atoms with van der Waals surface area (Å²) >= 11 is 5.82. The summed E-state index contributed by atoms with van der Waals surface area (Å²) in [5.41, 5.74) is 0.636. The van der Waals surface area contributed by atoms with E-state index in [2.05, 4.69) is 5.10 Å². The quantitative estimate of drug-likeness (QED) is 0.815. The van der Waals surface area contributed by atoms with E-state index in [4.69, 9.17) is 16.0 Å². The Balaban J connectivity index is 1.72. The number of carbonyl (C=O) groups excluding carboxylic acids is 2. The van der Waals surface area contributed by atoms with E-state index in [1.807, 2.05) is 0 Å². The van der Waals surface area contributed by atoms with E-state index in [1.54, 1.807) is 36.4 Å². The fourth-order valence-corrected chi connectivity index (χ4v) is 2.19. The van der Waals surface area contributed by atoms with Crippen molar-refractivity contribution >= 4 is 35.3 Å².